The molecule has 0 aromatic heterocycles. The molecule has 3 aromatic rings. The lowest BCUT2D eigenvalue weighted by molar-refractivity contribution is -0.122. The molecule has 0 spiro atoms. The average molecular weight is 517 g/mol. The van der Waals surface area contributed by atoms with Crippen molar-refractivity contribution < 1.29 is 28.2 Å². The summed E-state index contributed by atoms with van der Waals surface area (Å²) in [5, 5.41) is 2.24. The molecule has 8 heteroatoms. The van der Waals surface area contributed by atoms with Crippen molar-refractivity contribution in [3.05, 3.63) is 94.8 Å². The molecule has 0 radical (unpaired) electrons. The lowest BCUT2D eigenvalue weighted by Crippen LogP contribution is -2.54. The van der Waals surface area contributed by atoms with Crippen LogP contribution in [-0.4, -0.2) is 24.5 Å². The Morgan fingerprint density at radius 1 is 0.921 bits per heavy atom. The Hall–Kier alpha value is -4.46. The molecule has 1 N–H and O–H groups in total. The predicted octanol–water partition coefficient (Wildman–Crippen LogP) is 5.77. The highest BCUT2D eigenvalue weighted by Crippen LogP contribution is 2.31. The molecule has 0 unspecified atom stereocenters. The van der Waals surface area contributed by atoms with Crippen LogP contribution >= 0.6 is 0 Å². The van der Waals surface area contributed by atoms with Gasteiger partial charge in [0.05, 0.1) is 12.3 Å². The van der Waals surface area contributed by atoms with E-state index in [-0.39, 0.29) is 23.4 Å². The van der Waals surface area contributed by atoms with E-state index in [4.69, 9.17) is 9.47 Å². The van der Waals surface area contributed by atoms with E-state index < -0.39 is 17.8 Å². The fraction of sp³-hybridized carbons (Fsp3) is 0.233. The molecule has 196 valence electrons. The van der Waals surface area contributed by atoms with Crippen molar-refractivity contribution in [3.8, 4) is 11.5 Å². The number of carbonyl (C=O) groups is 3. The number of hydrogen-bond acceptors (Lipinski definition) is 5. The van der Waals surface area contributed by atoms with Crippen molar-refractivity contribution in [1.82, 2.24) is 5.32 Å². The van der Waals surface area contributed by atoms with Crippen LogP contribution in [0.4, 0.5) is 14.9 Å². The van der Waals surface area contributed by atoms with Crippen LogP contribution in [0.15, 0.2) is 72.3 Å². The van der Waals surface area contributed by atoms with Gasteiger partial charge in [-0.25, -0.2) is 14.1 Å². The summed E-state index contributed by atoms with van der Waals surface area (Å²) in [6.07, 6.45) is 1.39. The largest absolute Gasteiger partial charge is 0.490 e. The van der Waals surface area contributed by atoms with Gasteiger partial charge >= 0.3 is 6.03 Å². The van der Waals surface area contributed by atoms with E-state index in [1.54, 1.807) is 55.5 Å². The Bertz CT molecular complexity index is 1410. The second-order valence-corrected chi connectivity index (χ2v) is 9.77. The van der Waals surface area contributed by atoms with E-state index in [0.717, 1.165) is 10.5 Å². The van der Waals surface area contributed by atoms with Gasteiger partial charge in [0, 0.05) is 5.56 Å². The van der Waals surface area contributed by atoms with Gasteiger partial charge in [-0.2, -0.15) is 0 Å². The number of ether oxygens (including phenoxy) is 2. The quantitative estimate of drug-likeness (QED) is 0.319. The monoisotopic (exact) mass is 516 g/mol. The molecule has 4 amide bonds. The fourth-order valence-electron chi connectivity index (χ4n) is 3.94. The lowest BCUT2D eigenvalue weighted by atomic mass is 9.87. The molecule has 0 bridgehead atoms. The molecule has 0 saturated carbocycles. The predicted molar refractivity (Wildman–Crippen MR) is 142 cm³/mol. The molecule has 1 aliphatic rings. The number of nitrogens with one attached hydrogen (secondary N) is 1. The molecule has 1 aliphatic heterocycles. The minimum Gasteiger partial charge on any atom is -0.490 e. The zero-order valence-corrected chi connectivity index (χ0v) is 21.7. The summed E-state index contributed by atoms with van der Waals surface area (Å²) in [4.78, 5) is 39.4. The van der Waals surface area contributed by atoms with Gasteiger partial charge in [-0.05, 0) is 59.9 Å². The van der Waals surface area contributed by atoms with Crippen LogP contribution in [0.5, 0.6) is 11.5 Å². The van der Waals surface area contributed by atoms with E-state index in [2.05, 4.69) is 26.1 Å². The number of carbonyl (C=O) groups excluding carboxylic acids is 3. The number of halogens is 1. The van der Waals surface area contributed by atoms with Crippen LogP contribution in [0.25, 0.3) is 6.08 Å². The highest BCUT2D eigenvalue weighted by molar-refractivity contribution is 6.39. The number of amides is 4. The van der Waals surface area contributed by atoms with Gasteiger partial charge < -0.3 is 9.47 Å². The second kappa shape index (κ2) is 10.9. The van der Waals surface area contributed by atoms with E-state index in [9.17, 15) is 18.8 Å². The third kappa shape index (κ3) is 5.75. The lowest BCUT2D eigenvalue weighted by Gasteiger charge is -2.27. The van der Waals surface area contributed by atoms with E-state index >= 15 is 0 Å². The van der Waals surface area contributed by atoms with Crippen LogP contribution in [0.2, 0.25) is 0 Å². The summed E-state index contributed by atoms with van der Waals surface area (Å²) >= 11 is 0. The van der Waals surface area contributed by atoms with Crippen molar-refractivity contribution in [1.29, 1.82) is 0 Å². The Labute approximate surface area is 220 Å². The fourth-order valence-corrected chi connectivity index (χ4v) is 3.94. The molecular formula is C30H29FN2O5. The molecule has 0 aliphatic carbocycles. The molecule has 7 nitrogen and oxygen atoms in total. The number of hydrogen-bond donors (Lipinski definition) is 1. The van der Waals surface area contributed by atoms with Crippen LogP contribution < -0.4 is 19.7 Å². The maximum Gasteiger partial charge on any atom is 0.335 e. The summed E-state index contributed by atoms with van der Waals surface area (Å²) in [5.74, 6) is -1.15. The standard InChI is InChI=1S/C30H29FN2O5/c1-5-37-26-17-19(10-15-25(26)38-18-20-8-6-7-9-24(20)31)16-23-27(34)32-29(36)33(28(23)35)22-13-11-21(12-14-22)30(2,3)4/h6-17H,5,18H2,1-4H3,(H,32,34,36). The average Bonchev–Trinajstić information content (AvgIpc) is 2.87. The first-order valence-corrected chi connectivity index (χ1v) is 12.2. The zero-order chi connectivity index (χ0) is 27.4. The minimum absolute atomic E-state index is 0.000843. The van der Waals surface area contributed by atoms with Gasteiger partial charge in [0.2, 0.25) is 0 Å². The number of barbiturate groups is 1. The van der Waals surface area contributed by atoms with Crippen LogP contribution in [-0.2, 0) is 21.6 Å². The van der Waals surface area contributed by atoms with E-state index in [1.807, 2.05) is 12.1 Å². The summed E-state index contributed by atoms with van der Waals surface area (Å²) in [6.45, 7) is 8.33. The van der Waals surface area contributed by atoms with Crippen molar-refractivity contribution in [3.63, 3.8) is 0 Å². The van der Waals surface area contributed by atoms with Gasteiger partial charge in [0.15, 0.2) is 11.5 Å². The summed E-state index contributed by atoms with van der Waals surface area (Å²) in [7, 11) is 0. The summed E-state index contributed by atoms with van der Waals surface area (Å²) in [5.41, 5.74) is 1.97. The van der Waals surface area contributed by atoms with Gasteiger partial charge in [-0.3, -0.25) is 14.9 Å². The number of urea groups is 1. The topological polar surface area (TPSA) is 84.9 Å². The van der Waals surface area contributed by atoms with Crippen LogP contribution in [0.1, 0.15) is 44.4 Å². The molecule has 38 heavy (non-hydrogen) atoms. The Kier molecular flexibility index (Phi) is 7.62. The number of anilines is 1. The van der Waals surface area contributed by atoms with Gasteiger partial charge in [-0.1, -0.05) is 57.2 Å². The van der Waals surface area contributed by atoms with Crippen molar-refractivity contribution in [2.45, 2.75) is 39.7 Å². The highest BCUT2D eigenvalue weighted by atomic mass is 19.1. The van der Waals surface area contributed by atoms with Gasteiger partial charge in [0.25, 0.3) is 11.8 Å². The molecule has 4 rings (SSSR count). The molecule has 1 heterocycles. The Morgan fingerprint density at radius 2 is 1.63 bits per heavy atom. The minimum atomic E-state index is -0.812. The first-order valence-electron chi connectivity index (χ1n) is 12.2. The first-order chi connectivity index (χ1) is 18.1. The van der Waals surface area contributed by atoms with E-state index in [0.29, 0.717) is 34.9 Å². The Morgan fingerprint density at radius 3 is 2.29 bits per heavy atom. The third-order valence-corrected chi connectivity index (χ3v) is 6.01. The third-order valence-electron chi connectivity index (χ3n) is 6.01. The number of benzene rings is 3. The van der Waals surface area contributed by atoms with Crippen molar-refractivity contribution in [2.75, 3.05) is 11.5 Å². The van der Waals surface area contributed by atoms with Crippen LogP contribution in [0, 0.1) is 5.82 Å². The number of rotatable bonds is 7. The van der Waals surface area contributed by atoms with Gasteiger partial charge in [-0.15, -0.1) is 0 Å². The molecule has 1 saturated heterocycles. The van der Waals surface area contributed by atoms with Crippen molar-refractivity contribution in [2.24, 2.45) is 0 Å². The summed E-state index contributed by atoms with van der Waals surface area (Å²) < 4.78 is 25.4. The second-order valence-electron chi connectivity index (χ2n) is 9.77. The smallest absolute Gasteiger partial charge is 0.335 e. The van der Waals surface area contributed by atoms with Crippen LogP contribution in [0.3, 0.4) is 0 Å². The normalized spacial score (nSPS) is 15.0. The Balaban J connectivity index is 1.61. The number of imide groups is 2. The number of nitrogens with zero attached hydrogens (tertiary/aromatic N) is 1. The molecular weight excluding hydrogens is 487 g/mol. The zero-order valence-electron chi connectivity index (χ0n) is 21.7. The molecule has 0 atom stereocenters. The van der Waals surface area contributed by atoms with Crippen molar-refractivity contribution >= 4 is 29.6 Å². The first kappa shape index (κ1) is 26.6. The maximum absolute atomic E-state index is 14.0. The van der Waals surface area contributed by atoms with E-state index in [1.165, 1.54) is 12.1 Å². The maximum atomic E-state index is 14.0. The molecule has 1 fully saturated rings. The highest BCUT2D eigenvalue weighted by Gasteiger charge is 2.37. The van der Waals surface area contributed by atoms with Gasteiger partial charge in [0.1, 0.15) is 18.0 Å². The SMILES string of the molecule is CCOc1cc(C=C2C(=O)NC(=O)N(c3ccc(C(C)(C)C)cc3)C2=O)ccc1OCc1ccccc1F. The summed E-state index contributed by atoms with van der Waals surface area (Å²) in [6, 6.07) is 17.4. The molecule has 3 aromatic carbocycles.